The number of carbonyl (C=O) groups is 2. The van der Waals surface area contributed by atoms with Crippen LogP contribution in [0.4, 0.5) is 0 Å². The van der Waals surface area contributed by atoms with Crippen molar-refractivity contribution in [3.63, 3.8) is 0 Å². The quantitative estimate of drug-likeness (QED) is 0.748. The number of hydrogen-bond acceptors (Lipinski definition) is 4. The fraction of sp³-hybridized carbons (Fsp3) is 0.579. The first-order chi connectivity index (χ1) is 12.3. The molecule has 0 spiro atoms. The zero-order valence-electron chi connectivity index (χ0n) is 15.3. The van der Waals surface area contributed by atoms with Crippen LogP contribution in [-0.4, -0.2) is 61.2 Å². The molecule has 1 aromatic carbocycles. The van der Waals surface area contributed by atoms with Gasteiger partial charge in [-0.3, -0.25) is 9.59 Å². The van der Waals surface area contributed by atoms with Crippen molar-refractivity contribution >= 4 is 21.7 Å². The summed E-state index contributed by atoms with van der Waals surface area (Å²) in [5, 5.41) is 0. The Hall–Kier alpha value is -1.89. The molecule has 6 nitrogen and oxygen atoms in total. The molecule has 1 saturated carbocycles. The molecular weight excluding hydrogens is 352 g/mol. The van der Waals surface area contributed by atoms with Gasteiger partial charge in [0.1, 0.15) is 0 Å². The summed E-state index contributed by atoms with van der Waals surface area (Å²) < 4.78 is 23.4. The maximum atomic E-state index is 12.8. The highest BCUT2D eigenvalue weighted by molar-refractivity contribution is 7.91. The first-order valence-electron chi connectivity index (χ1n) is 9.12. The van der Waals surface area contributed by atoms with E-state index in [0.717, 1.165) is 5.56 Å². The number of amides is 2. The number of hydrogen-bond donors (Lipinski definition) is 0. The van der Waals surface area contributed by atoms with Crippen molar-refractivity contribution in [2.24, 2.45) is 11.8 Å². The molecule has 2 amide bonds. The minimum Gasteiger partial charge on any atom is -0.341 e. The number of benzene rings is 1. The third-order valence-corrected chi connectivity index (χ3v) is 7.09. The van der Waals surface area contributed by atoms with Crippen molar-refractivity contribution in [3.05, 3.63) is 35.9 Å². The van der Waals surface area contributed by atoms with Crippen LogP contribution in [-0.2, 0) is 26.0 Å². The predicted octanol–water partition coefficient (Wildman–Crippen LogP) is 1.32. The summed E-state index contributed by atoms with van der Waals surface area (Å²) in [5.41, 5.74) is 1.05. The molecule has 3 atom stereocenters. The van der Waals surface area contributed by atoms with E-state index >= 15 is 0 Å². The number of carbonyl (C=O) groups excluding carboxylic acids is 2. The van der Waals surface area contributed by atoms with Gasteiger partial charge in [-0.25, -0.2) is 8.42 Å². The first kappa shape index (κ1) is 18.9. The monoisotopic (exact) mass is 378 g/mol. The molecule has 26 heavy (non-hydrogen) atoms. The van der Waals surface area contributed by atoms with Crippen LogP contribution in [0, 0.1) is 11.8 Å². The normalized spacial score (nSPS) is 26.3. The Kier molecular flexibility index (Phi) is 5.37. The largest absolute Gasteiger partial charge is 0.341 e. The molecule has 142 valence electrons. The molecule has 3 unspecified atom stereocenters. The van der Waals surface area contributed by atoms with Gasteiger partial charge in [-0.1, -0.05) is 30.3 Å². The van der Waals surface area contributed by atoms with Crippen LogP contribution < -0.4 is 0 Å². The summed E-state index contributed by atoms with van der Waals surface area (Å²) in [4.78, 5) is 28.7. The highest BCUT2D eigenvalue weighted by atomic mass is 32.2. The average molecular weight is 378 g/mol. The number of sulfone groups is 1. The van der Waals surface area contributed by atoms with Crippen LogP contribution in [0.15, 0.2) is 30.3 Å². The van der Waals surface area contributed by atoms with Gasteiger partial charge in [0.25, 0.3) is 0 Å². The van der Waals surface area contributed by atoms with E-state index in [1.165, 1.54) is 0 Å². The van der Waals surface area contributed by atoms with Crippen LogP contribution in [0.1, 0.15) is 25.3 Å². The molecule has 1 aliphatic carbocycles. The Morgan fingerprint density at radius 3 is 2.35 bits per heavy atom. The summed E-state index contributed by atoms with van der Waals surface area (Å²) in [6.45, 7) is 2.87. The second-order valence-electron chi connectivity index (χ2n) is 7.31. The van der Waals surface area contributed by atoms with Crippen LogP contribution in [0.5, 0.6) is 0 Å². The Bertz CT molecular complexity index is 778. The van der Waals surface area contributed by atoms with Gasteiger partial charge >= 0.3 is 0 Å². The lowest BCUT2D eigenvalue weighted by Crippen LogP contribution is -2.42. The molecule has 2 aliphatic rings. The minimum absolute atomic E-state index is 0.0118. The van der Waals surface area contributed by atoms with Crippen LogP contribution in [0.25, 0.3) is 0 Å². The molecule has 7 heteroatoms. The van der Waals surface area contributed by atoms with Gasteiger partial charge in [0.05, 0.1) is 23.3 Å². The van der Waals surface area contributed by atoms with Gasteiger partial charge in [-0.15, -0.1) is 0 Å². The van der Waals surface area contributed by atoms with E-state index in [1.807, 2.05) is 37.3 Å². The van der Waals surface area contributed by atoms with Crippen molar-refractivity contribution in [2.45, 2.75) is 32.4 Å². The first-order valence-corrected chi connectivity index (χ1v) is 10.9. The lowest BCUT2D eigenvalue weighted by Gasteiger charge is -2.27. The third kappa shape index (κ3) is 4.09. The molecule has 0 bridgehead atoms. The second kappa shape index (κ2) is 7.39. The zero-order valence-corrected chi connectivity index (χ0v) is 16.1. The van der Waals surface area contributed by atoms with E-state index < -0.39 is 9.84 Å². The van der Waals surface area contributed by atoms with Crippen LogP contribution >= 0.6 is 0 Å². The molecule has 0 radical (unpaired) electrons. The van der Waals surface area contributed by atoms with Gasteiger partial charge in [0.15, 0.2) is 9.84 Å². The van der Waals surface area contributed by atoms with E-state index in [2.05, 4.69) is 0 Å². The van der Waals surface area contributed by atoms with E-state index in [9.17, 15) is 18.0 Å². The van der Waals surface area contributed by atoms with E-state index in [-0.39, 0.29) is 41.2 Å². The molecule has 1 heterocycles. The van der Waals surface area contributed by atoms with Crippen molar-refractivity contribution in [3.8, 4) is 0 Å². The topological polar surface area (TPSA) is 74.8 Å². The molecule has 0 aromatic heterocycles. The number of nitrogens with zero attached hydrogens (tertiary/aromatic N) is 2. The van der Waals surface area contributed by atoms with Crippen molar-refractivity contribution in [1.29, 1.82) is 0 Å². The minimum atomic E-state index is -3.04. The summed E-state index contributed by atoms with van der Waals surface area (Å²) in [5.74, 6) is -0.462. The average Bonchev–Trinajstić information content (AvgIpc) is 3.33. The Labute approximate surface area is 155 Å². The SMILES string of the molecule is CCN(C(=O)C1CC1C(=O)N(C)Cc1ccccc1)C1CCS(=O)(=O)C1. The maximum absolute atomic E-state index is 12.8. The van der Waals surface area contributed by atoms with Gasteiger partial charge in [-0.2, -0.15) is 0 Å². The summed E-state index contributed by atoms with van der Waals surface area (Å²) in [6.07, 6.45) is 1.06. The standard InChI is InChI=1S/C19H26N2O4S/c1-3-21(15-9-10-26(24,25)13-15)19(23)17-11-16(17)18(22)20(2)12-14-7-5-4-6-8-14/h4-8,15-17H,3,9-13H2,1-2H3. The molecular formula is C19H26N2O4S. The van der Waals surface area contributed by atoms with E-state index in [0.29, 0.717) is 25.9 Å². The summed E-state index contributed by atoms with van der Waals surface area (Å²) in [7, 11) is -1.28. The number of rotatable bonds is 6. The van der Waals surface area contributed by atoms with Gasteiger partial charge in [0.2, 0.25) is 11.8 Å². The zero-order chi connectivity index (χ0) is 18.9. The lowest BCUT2D eigenvalue weighted by atomic mass is 10.1. The highest BCUT2D eigenvalue weighted by Gasteiger charge is 2.51. The predicted molar refractivity (Wildman–Crippen MR) is 99.0 cm³/mol. The van der Waals surface area contributed by atoms with Crippen molar-refractivity contribution in [2.75, 3.05) is 25.1 Å². The fourth-order valence-corrected chi connectivity index (χ4v) is 5.52. The van der Waals surface area contributed by atoms with Crippen molar-refractivity contribution < 1.29 is 18.0 Å². The van der Waals surface area contributed by atoms with E-state index in [1.54, 1.807) is 16.8 Å². The van der Waals surface area contributed by atoms with Crippen LogP contribution in [0.2, 0.25) is 0 Å². The summed E-state index contributed by atoms with van der Waals surface area (Å²) >= 11 is 0. The Morgan fingerprint density at radius 2 is 1.77 bits per heavy atom. The van der Waals surface area contributed by atoms with Gasteiger partial charge in [-0.05, 0) is 25.3 Å². The molecule has 1 aromatic rings. The van der Waals surface area contributed by atoms with Gasteiger partial charge in [0, 0.05) is 26.2 Å². The molecule has 3 rings (SSSR count). The van der Waals surface area contributed by atoms with Crippen LogP contribution in [0.3, 0.4) is 0 Å². The Morgan fingerprint density at radius 1 is 1.12 bits per heavy atom. The third-order valence-electron chi connectivity index (χ3n) is 5.34. The van der Waals surface area contributed by atoms with Crippen molar-refractivity contribution in [1.82, 2.24) is 9.80 Å². The highest BCUT2D eigenvalue weighted by Crippen LogP contribution is 2.42. The fourth-order valence-electron chi connectivity index (χ4n) is 3.79. The van der Waals surface area contributed by atoms with Gasteiger partial charge < -0.3 is 9.80 Å². The van der Waals surface area contributed by atoms with E-state index in [4.69, 9.17) is 0 Å². The lowest BCUT2D eigenvalue weighted by molar-refractivity contribution is -0.138. The molecule has 0 N–H and O–H groups in total. The molecule has 1 saturated heterocycles. The molecule has 1 aliphatic heterocycles. The second-order valence-corrected chi connectivity index (χ2v) is 9.54. The smallest absolute Gasteiger partial charge is 0.226 e. The molecule has 2 fully saturated rings. The summed E-state index contributed by atoms with van der Waals surface area (Å²) in [6, 6.07) is 9.51. The maximum Gasteiger partial charge on any atom is 0.226 e. The Balaban J connectivity index is 1.58.